The quantitative estimate of drug-likeness (QED) is 0.383. The first-order chi connectivity index (χ1) is 16.3. The van der Waals surface area contributed by atoms with Gasteiger partial charge in [0.05, 0.1) is 4.90 Å². The van der Waals surface area contributed by atoms with Gasteiger partial charge in [0.2, 0.25) is 15.9 Å². The lowest BCUT2D eigenvalue weighted by atomic mass is 10.1. The molecule has 0 aliphatic rings. The summed E-state index contributed by atoms with van der Waals surface area (Å²) in [5.41, 5.74) is 3.85. The van der Waals surface area contributed by atoms with Crippen LogP contribution in [0.15, 0.2) is 83.8 Å². The van der Waals surface area contributed by atoms with Crippen LogP contribution in [0.25, 0.3) is 0 Å². The number of benzene rings is 3. The van der Waals surface area contributed by atoms with Crippen molar-refractivity contribution in [2.45, 2.75) is 44.6 Å². The summed E-state index contributed by atoms with van der Waals surface area (Å²) in [5, 5.41) is 6.38. The first kappa shape index (κ1) is 25.5. The van der Waals surface area contributed by atoms with Gasteiger partial charge in [-0.2, -0.15) is 4.31 Å². The fourth-order valence-electron chi connectivity index (χ4n) is 3.75. The first-order valence-corrected chi connectivity index (χ1v) is 13.1. The Morgan fingerprint density at radius 2 is 1.44 bits per heavy atom. The second kappa shape index (κ2) is 11.8. The number of nitrogens with zero attached hydrogens (tertiary/aromatic N) is 1. The molecule has 1 atom stereocenters. The first-order valence-electron chi connectivity index (χ1n) is 11.6. The highest BCUT2D eigenvalue weighted by atomic mass is 32.2. The summed E-state index contributed by atoms with van der Waals surface area (Å²) in [7, 11) is -3.47. The summed E-state index contributed by atoms with van der Waals surface area (Å²) in [6.07, 6.45) is 0.846. The highest BCUT2D eigenvalue weighted by molar-refractivity contribution is 7.89. The highest BCUT2D eigenvalue weighted by Crippen LogP contribution is 2.21. The molecule has 0 saturated carbocycles. The lowest BCUT2D eigenvalue weighted by Crippen LogP contribution is -2.30. The second-order valence-electron chi connectivity index (χ2n) is 8.14. The van der Waals surface area contributed by atoms with E-state index in [1.807, 2.05) is 56.3 Å². The van der Waals surface area contributed by atoms with E-state index >= 15 is 0 Å². The minimum atomic E-state index is -3.47. The molecule has 1 unspecified atom stereocenters. The Bertz CT molecular complexity index is 1160. The molecule has 3 aromatic carbocycles. The van der Waals surface area contributed by atoms with Gasteiger partial charge in [-0.15, -0.1) is 0 Å². The van der Waals surface area contributed by atoms with E-state index in [-0.39, 0.29) is 16.8 Å². The largest absolute Gasteiger partial charge is 0.379 e. The Kier molecular flexibility index (Phi) is 8.85. The number of hydrogen-bond donors (Lipinski definition) is 2. The van der Waals surface area contributed by atoms with Crippen molar-refractivity contribution in [3.8, 4) is 0 Å². The smallest absolute Gasteiger partial charge is 0.243 e. The van der Waals surface area contributed by atoms with Gasteiger partial charge in [0.15, 0.2) is 0 Å². The molecule has 0 spiro atoms. The van der Waals surface area contributed by atoms with E-state index in [4.69, 9.17) is 0 Å². The van der Waals surface area contributed by atoms with E-state index in [0.717, 1.165) is 16.9 Å². The Morgan fingerprint density at radius 3 is 2.03 bits per heavy atom. The number of carbonyl (C=O) groups excluding carboxylic acids is 1. The SMILES string of the molecule is CCN(CC)S(=O)(=O)c1ccc(CCC(=O)Nc2ccc(NC(C)c3ccccc3)cc2)cc1. The van der Waals surface area contributed by atoms with Gasteiger partial charge >= 0.3 is 0 Å². The summed E-state index contributed by atoms with van der Waals surface area (Å²) in [6.45, 7) is 6.62. The third-order valence-electron chi connectivity index (χ3n) is 5.76. The zero-order valence-corrected chi connectivity index (χ0v) is 20.8. The molecule has 0 aliphatic heterocycles. The van der Waals surface area contributed by atoms with E-state index in [1.165, 1.54) is 9.87 Å². The van der Waals surface area contributed by atoms with E-state index in [2.05, 4.69) is 29.7 Å². The van der Waals surface area contributed by atoms with Gasteiger partial charge in [-0.1, -0.05) is 56.3 Å². The maximum atomic E-state index is 12.6. The predicted octanol–water partition coefficient (Wildman–Crippen LogP) is 5.46. The third kappa shape index (κ3) is 6.68. The van der Waals surface area contributed by atoms with Gasteiger partial charge in [-0.3, -0.25) is 4.79 Å². The van der Waals surface area contributed by atoms with Crippen molar-refractivity contribution in [1.82, 2.24) is 4.31 Å². The van der Waals surface area contributed by atoms with Crippen LogP contribution in [0.4, 0.5) is 11.4 Å². The van der Waals surface area contributed by atoms with Crippen molar-refractivity contribution in [3.63, 3.8) is 0 Å². The molecule has 0 heterocycles. The molecule has 3 aromatic rings. The average Bonchev–Trinajstić information content (AvgIpc) is 2.85. The van der Waals surface area contributed by atoms with Gasteiger partial charge in [0.25, 0.3) is 0 Å². The standard InChI is InChI=1S/C27H33N3O3S/c1-4-30(5-2)34(32,33)26-18-11-22(12-19-26)13-20-27(31)29-25-16-14-24(15-17-25)28-21(3)23-9-7-6-8-10-23/h6-12,14-19,21,28H,4-5,13,20H2,1-3H3,(H,29,31). The van der Waals surface area contributed by atoms with E-state index in [0.29, 0.717) is 25.9 Å². The molecule has 3 rings (SSSR count). The fraction of sp³-hybridized carbons (Fsp3) is 0.296. The van der Waals surface area contributed by atoms with E-state index < -0.39 is 10.0 Å². The van der Waals surface area contributed by atoms with Crippen LogP contribution in [-0.2, 0) is 21.2 Å². The summed E-state index contributed by atoms with van der Waals surface area (Å²) >= 11 is 0. The number of nitrogens with one attached hydrogen (secondary N) is 2. The van der Waals surface area contributed by atoms with Crippen molar-refractivity contribution in [2.75, 3.05) is 23.7 Å². The van der Waals surface area contributed by atoms with Crippen molar-refractivity contribution >= 4 is 27.3 Å². The molecular formula is C27H33N3O3S. The van der Waals surface area contributed by atoms with Crippen LogP contribution in [0.1, 0.15) is 44.4 Å². The second-order valence-corrected chi connectivity index (χ2v) is 10.1. The van der Waals surface area contributed by atoms with Crippen molar-refractivity contribution in [1.29, 1.82) is 0 Å². The normalized spacial score (nSPS) is 12.4. The molecule has 0 radical (unpaired) electrons. The minimum absolute atomic E-state index is 0.0850. The van der Waals surface area contributed by atoms with Gasteiger partial charge in [0.1, 0.15) is 0 Å². The minimum Gasteiger partial charge on any atom is -0.379 e. The lowest BCUT2D eigenvalue weighted by Gasteiger charge is -2.18. The lowest BCUT2D eigenvalue weighted by molar-refractivity contribution is -0.116. The van der Waals surface area contributed by atoms with Gasteiger partial charge in [0, 0.05) is 36.9 Å². The molecule has 0 bridgehead atoms. The summed E-state index contributed by atoms with van der Waals surface area (Å²) in [6, 6.07) is 24.8. The number of aryl methyl sites for hydroxylation is 1. The molecule has 0 aliphatic carbocycles. The number of sulfonamides is 1. The van der Waals surface area contributed by atoms with Crippen LogP contribution in [0.3, 0.4) is 0 Å². The van der Waals surface area contributed by atoms with Crippen LogP contribution < -0.4 is 10.6 Å². The van der Waals surface area contributed by atoms with Gasteiger partial charge in [-0.05, 0) is 60.9 Å². The van der Waals surface area contributed by atoms with Crippen LogP contribution in [0.2, 0.25) is 0 Å². The van der Waals surface area contributed by atoms with Crippen LogP contribution in [0, 0.1) is 0 Å². The maximum Gasteiger partial charge on any atom is 0.243 e. The zero-order chi connectivity index (χ0) is 24.6. The average molecular weight is 480 g/mol. The van der Waals surface area contributed by atoms with Gasteiger partial charge in [-0.25, -0.2) is 8.42 Å². The molecule has 7 heteroatoms. The highest BCUT2D eigenvalue weighted by Gasteiger charge is 2.21. The molecule has 34 heavy (non-hydrogen) atoms. The molecule has 1 amide bonds. The van der Waals surface area contributed by atoms with Gasteiger partial charge < -0.3 is 10.6 Å². The van der Waals surface area contributed by atoms with E-state index in [1.54, 1.807) is 24.3 Å². The zero-order valence-electron chi connectivity index (χ0n) is 20.0. The van der Waals surface area contributed by atoms with Crippen molar-refractivity contribution in [3.05, 3.63) is 90.0 Å². The molecule has 0 saturated heterocycles. The topological polar surface area (TPSA) is 78.5 Å². The molecule has 0 aromatic heterocycles. The number of hydrogen-bond acceptors (Lipinski definition) is 4. The number of rotatable bonds is 11. The predicted molar refractivity (Wildman–Crippen MR) is 138 cm³/mol. The molecule has 6 nitrogen and oxygen atoms in total. The summed E-state index contributed by atoms with van der Waals surface area (Å²) in [4.78, 5) is 12.7. The Hall–Kier alpha value is -3.16. The summed E-state index contributed by atoms with van der Waals surface area (Å²) < 4.78 is 26.6. The van der Waals surface area contributed by atoms with Crippen LogP contribution in [0.5, 0.6) is 0 Å². The number of anilines is 2. The molecular weight excluding hydrogens is 446 g/mol. The van der Waals surface area contributed by atoms with E-state index in [9.17, 15) is 13.2 Å². The summed E-state index contributed by atoms with van der Waals surface area (Å²) in [5.74, 6) is -0.0850. The number of amides is 1. The monoisotopic (exact) mass is 479 g/mol. The van der Waals surface area contributed by atoms with Crippen molar-refractivity contribution < 1.29 is 13.2 Å². The van der Waals surface area contributed by atoms with Crippen molar-refractivity contribution in [2.24, 2.45) is 0 Å². The third-order valence-corrected chi connectivity index (χ3v) is 7.82. The molecule has 180 valence electrons. The Labute approximate surface area is 203 Å². The number of carbonyl (C=O) groups is 1. The molecule has 2 N–H and O–H groups in total. The van der Waals surface area contributed by atoms with Crippen LogP contribution in [-0.4, -0.2) is 31.7 Å². The maximum absolute atomic E-state index is 12.6. The Balaban J connectivity index is 1.50. The fourth-order valence-corrected chi connectivity index (χ4v) is 5.20. The Morgan fingerprint density at radius 1 is 0.853 bits per heavy atom. The molecule has 0 fully saturated rings. The van der Waals surface area contributed by atoms with Crippen LogP contribution >= 0.6 is 0 Å².